The Morgan fingerprint density at radius 2 is 2.24 bits per heavy atom. The molecule has 0 fully saturated rings. The summed E-state index contributed by atoms with van der Waals surface area (Å²) < 4.78 is 7.17. The first-order valence-electron chi connectivity index (χ1n) is 6.51. The molecule has 0 spiro atoms. The molecule has 2 heterocycles. The molecule has 0 amide bonds. The van der Waals surface area contributed by atoms with Gasteiger partial charge in [0.1, 0.15) is 5.65 Å². The van der Waals surface area contributed by atoms with Crippen LogP contribution in [0.25, 0.3) is 5.65 Å². The Hall–Kier alpha value is -1.73. The molecule has 2 aromatic rings. The lowest BCUT2D eigenvalue weighted by Gasteiger charge is -2.15. The molecule has 112 valence electrons. The van der Waals surface area contributed by atoms with Gasteiger partial charge in [-0.1, -0.05) is 0 Å². The molecule has 21 heavy (non-hydrogen) atoms. The molecule has 0 N–H and O–H groups in total. The summed E-state index contributed by atoms with van der Waals surface area (Å²) in [5.74, 6) is -0.290. The van der Waals surface area contributed by atoms with Crippen LogP contribution in [0.15, 0.2) is 33.7 Å². The van der Waals surface area contributed by atoms with Gasteiger partial charge in [0.15, 0.2) is 0 Å². The first kappa shape index (κ1) is 15.7. The molecule has 0 unspecified atom stereocenters. The Morgan fingerprint density at radius 1 is 1.48 bits per heavy atom. The summed E-state index contributed by atoms with van der Waals surface area (Å²) >= 11 is 3.32. The molecule has 6 nitrogen and oxygen atoms in total. The normalized spacial score (nSPS) is 11.0. The minimum atomic E-state index is -0.290. The van der Waals surface area contributed by atoms with Crippen molar-refractivity contribution < 1.29 is 9.53 Å². The molecule has 0 aliphatic carbocycles. The maximum Gasteiger partial charge on any atom is 0.320 e. The molecule has 2 rings (SSSR count). The number of rotatable bonds is 5. The second kappa shape index (κ2) is 6.82. The van der Waals surface area contributed by atoms with Gasteiger partial charge in [0.2, 0.25) is 0 Å². The number of carbonyl (C=O) groups is 1. The first-order valence-corrected chi connectivity index (χ1v) is 7.31. The Balaban J connectivity index is 2.18. The lowest BCUT2D eigenvalue weighted by molar-refractivity contribution is -0.144. The van der Waals surface area contributed by atoms with Crippen LogP contribution >= 0.6 is 15.9 Å². The Kier molecular flexibility index (Phi) is 5.08. The highest BCUT2D eigenvalue weighted by Gasteiger charge is 2.10. The van der Waals surface area contributed by atoms with Crippen LogP contribution in [0.5, 0.6) is 0 Å². The summed E-state index contributed by atoms with van der Waals surface area (Å²) in [4.78, 5) is 29.6. The third-order valence-electron chi connectivity index (χ3n) is 2.81. The van der Waals surface area contributed by atoms with E-state index in [4.69, 9.17) is 4.74 Å². The molecule has 0 aliphatic rings. The van der Waals surface area contributed by atoms with Crippen molar-refractivity contribution in [3.05, 3.63) is 44.9 Å². The molecule has 0 aliphatic heterocycles. The Morgan fingerprint density at radius 3 is 2.95 bits per heavy atom. The molecule has 0 saturated carbocycles. The van der Waals surface area contributed by atoms with Gasteiger partial charge in [0.05, 0.1) is 18.8 Å². The van der Waals surface area contributed by atoms with E-state index in [1.165, 1.54) is 10.5 Å². The largest absolute Gasteiger partial charge is 0.465 e. The fourth-order valence-electron chi connectivity index (χ4n) is 1.97. The number of halogens is 1. The highest BCUT2D eigenvalue weighted by atomic mass is 79.9. The van der Waals surface area contributed by atoms with Gasteiger partial charge in [-0.15, -0.1) is 0 Å². The quantitative estimate of drug-likeness (QED) is 0.761. The number of pyridine rings is 1. The van der Waals surface area contributed by atoms with Crippen LogP contribution in [0.1, 0.15) is 12.6 Å². The topological polar surface area (TPSA) is 63.9 Å². The summed E-state index contributed by atoms with van der Waals surface area (Å²) in [5.41, 5.74) is 1.04. The monoisotopic (exact) mass is 353 g/mol. The zero-order valence-electron chi connectivity index (χ0n) is 11.9. The van der Waals surface area contributed by atoms with Gasteiger partial charge in [0.25, 0.3) is 5.56 Å². The number of esters is 1. The highest BCUT2D eigenvalue weighted by Crippen LogP contribution is 2.09. The summed E-state index contributed by atoms with van der Waals surface area (Å²) in [6, 6.07) is 5.06. The van der Waals surface area contributed by atoms with Crippen LogP contribution in [0.3, 0.4) is 0 Å². The molecule has 0 saturated heterocycles. The van der Waals surface area contributed by atoms with E-state index in [1.54, 1.807) is 31.1 Å². The third kappa shape index (κ3) is 4.12. The molecule has 7 heteroatoms. The van der Waals surface area contributed by atoms with Gasteiger partial charge in [0, 0.05) is 23.3 Å². The van der Waals surface area contributed by atoms with E-state index >= 15 is 0 Å². The number of hydrogen-bond acceptors (Lipinski definition) is 5. The van der Waals surface area contributed by atoms with Crippen molar-refractivity contribution in [3.8, 4) is 0 Å². The molecule has 0 atom stereocenters. The van der Waals surface area contributed by atoms with Crippen LogP contribution in [-0.4, -0.2) is 40.5 Å². The summed E-state index contributed by atoms with van der Waals surface area (Å²) in [6.45, 7) is 2.69. The molecule has 0 radical (unpaired) electrons. The predicted octanol–water partition coefficient (Wildman–Crippen LogP) is 1.45. The average molecular weight is 354 g/mol. The van der Waals surface area contributed by atoms with Crippen molar-refractivity contribution in [1.29, 1.82) is 0 Å². The van der Waals surface area contributed by atoms with Gasteiger partial charge in [-0.25, -0.2) is 4.98 Å². The van der Waals surface area contributed by atoms with E-state index in [9.17, 15) is 9.59 Å². The van der Waals surface area contributed by atoms with Gasteiger partial charge >= 0.3 is 5.97 Å². The van der Waals surface area contributed by atoms with E-state index in [2.05, 4.69) is 20.9 Å². The van der Waals surface area contributed by atoms with Crippen molar-refractivity contribution in [2.75, 3.05) is 20.2 Å². The average Bonchev–Trinajstić information content (AvgIpc) is 2.39. The number of ether oxygens (including phenoxy) is 1. The summed E-state index contributed by atoms with van der Waals surface area (Å²) in [6.07, 6.45) is 1.68. The second-order valence-corrected chi connectivity index (χ2v) is 5.55. The van der Waals surface area contributed by atoms with Crippen molar-refractivity contribution in [1.82, 2.24) is 14.3 Å². The van der Waals surface area contributed by atoms with Crippen LogP contribution < -0.4 is 5.56 Å². The highest BCUT2D eigenvalue weighted by molar-refractivity contribution is 9.10. The maximum absolute atomic E-state index is 12.0. The second-order valence-electron chi connectivity index (χ2n) is 4.64. The predicted molar refractivity (Wildman–Crippen MR) is 82.1 cm³/mol. The zero-order chi connectivity index (χ0) is 15.4. The molecule has 0 aromatic carbocycles. The maximum atomic E-state index is 12.0. The fourth-order valence-corrected chi connectivity index (χ4v) is 2.30. The lowest BCUT2D eigenvalue weighted by atomic mass is 10.3. The smallest absolute Gasteiger partial charge is 0.320 e. The van der Waals surface area contributed by atoms with Crippen molar-refractivity contribution >= 4 is 27.5 Å². The van der Waals surface area contributed by atoms with Gasteiger partial charge in [-0.3, -0.25) is 18.9 Å². The molecular weight excluding hydrogens is 338 g/mol. The molecular formula is C14H16BrN3O3. The number of nitrogens with zero attached hydrogens (tertiary/aromatic N) is 3. The number of carbonyl (C=O) groups excluding carboxylic acids is 1. The Bertz CT molecular complexity index is 714. The van der Waals surface area contributed by atoms with E-state index < -0.39 is 0 Å². The Labute approximate surface area is 130 Å². The van der Waals surface area contributed by atoms with E-state index in [1.807, 2.05) is 6.07 Å². The third-order valence-corrected chi connectivity index (χ3v) is 3.28. The van der Waals surface area contributed by atoms with E-state index in [0.717, 1.165) is 4.47 Å². The van der Waals surface area contributed by atoms with Crippen molar-refractivity contribution in [2.45, 2.75) is 13.5 Å². The van der Waals surface area contributed by atoms with E-state index in [-0.39, 0.29) is 18.1 Å². The summed E-state index contributed by atoms with van der Waals surface area (Å²) in [5, 5.41) is 0. The minimum absolute atomic E-state index is 0.152. The summed E-state index contributed by atoms with van der Waals surface area (Å²) in [7, 11) is 1.78. The first-order chi connectivity index (χ1) is 9.99. The SMILES string of the molecule is CCOC(=O)CN(C)Cc1cc(=O)n2cc(Br)ccc2n1. The van der Waals surface area contributed by atoms with Crippen LogP contribution in [0.4, 0.5) is 0 Å². The molecule has 2 aromatic heterocycles. The van der Waals surface area contributed by atoms with Crippen molar-refractivity contribution in [2.24, 2.45) is 0 Å². The van der Waals surface area contributed by atoms with Crippen LogP contribution in [-0.2, 0) is 16.1 Å². The number of fused-ring (bicyclic) bond motifs is 1. The van der Waals surface area contributed by atoms with E-state index in [0.29, 0.717) is 24.5 Å². The van der Waals surface area contributed by atoms with Gasteiger partial charge in [-0.2, -0.15) is 0 Å². The van der Waals surface area contributed by atoms with Crippen LogP contribution in [0, 0.1) is 0 Å². The number of aromatic nitrogens is 2. The van der Waals surface area contributed by atoms with Crippen LogP contribution in [0.2, 0.25) is 0 Å². The molecule has 0 bridgehead atoms. The fraction of sp³-hybridized carbons (Fsp3) is 0.357. The standard InChI is InChI=1S/C14H16BrN3O3/c1-3-21-14(20)9-17(2)8-11-6-13(19)18-7-10(15)4-5-12(18)16-11/h4-7H,3,8-9H2,1-2H3. The van der Waals surface area contributed by atoms with Gasteiger partial charge < -0.3 is 4.74 Å². The minimum Gasteiger partial charge on any atom is -0.465 e. The van der Waals surface area contributed by atoms with Gasteiger partial charge in [-0.05, 0) is 42.0 Å². The number of likely N-dealkylation sites (N-methyl/N-ethyl adjacent to an activating group) is 1. The van der Waals surface area contributed by atoms with Crippen molar-refractivity contribution in [3.63, 3.8) is 0 Å². The lowest BCUT2D eigenvalue weighted by Crippen LogP contribution is -2.28. The number of hydrogen-bond donors (Lipinski definition) is 0. The zero-order valence-corrected chi connectivity index (χ0v) is 13.5.